The molecule has 0 saturated carbocycles. The fourth-order valence-electron chi connectivity index (χ4n) is 6.56. The molecular weight excluding hydrogens is 968 g/mol. The number of nitrogens with one attached hydrogen (secondary N) is 2. The Bertz CT molecular complexity index is 2900. The van der Waals surface area contributed by atoms with Crippen molar-refractivity contribution in [1.82, 2.24) is 30.0 Å². The SMILES string of the molecule is COc1cc(-c2ccc(-[n+]3nc(-c4ccc(NC(=S)S)cc4)nn3-c3ccc([N+](=O)[O-])cc3)c(OC)c2)ccc1-[n+]1nc(-c2ccc(NC(=S)S)cc2)nn1-c1ccc([N+](=O)[O-])cc1.[Cl-].[Cl-]. The zero-order valence-electron chi connectivity index (χ0n) is 34.1. The van der Waals surface area contributed by atoms with Gasteiger partial charge in [-0.15, -0.1) is 25.3 Å². The van der Waals surface area contributed by atoms with Crippen LogP contribution in [0.1, 0.15) is 0 Å². The molecule has 0 amide bonds. The number of ether oxygens (including phenoxy) is 2. The Hall–Kier alpha value is -7.08. The third-order valence-electron chi connectivity index (χ3n) is 9.61. The quantitative estimate of drug-likeness (QED) is 0.0427. The van der Waals surface area contributed by atoms with E-state index < -0.39 is 9.85 Å². The number of non-ortho nitro benzene ring substituents is 2. The molecule has 2 aromatic heterocycles. The average Bonchev–Trinajstić information content (AvgIpc) is 3.95. The van der Waals surface area contributed by atoms with E-state index in [1.54, 1.807) is 33.9 Å². The van der Waals surface area contributed by atoms with Crippen LogP contribution in [0.4, 0.5) is 22.7 Å². The van der Waals surface area contributed by atoms with Gasteiger partial charge in [0, 0.05) is 45.2 Å². The first-order chi connectivity index (χ1) is 30.9. The summed E-state index contributed by atoms with van der Waals surface area (Å²) in [5, 5.41) is 48.2. The van der Waals surface area contributed by atoms with Crippen molar-refractivity contribution in [2.24, 2.45) is 0 Å². The Labute approximate surface area is 409 Å². The smallest absolute Gasteiger partial charge is 0.340 e. The molecule has 2 N–H and O–H groups in total. The van der Waals surface area contributed by atoms with E-state index in [-0.39, 0.29) is 36.2 Å². The molecule has 24 heteroatoms. The normalized spacial score (nSPS) is 10.5. The first-order valence-corrected chi connectivity index (χ1v) is 20.5. The molecule has 2 heterocycles. The summed E-state index contributed by atoms with van der Waals surface area (Å²) in [7, 11) is 3.08. The van der Waals surface area contributed by atoms with Crippen molar-refractivity contribution >= 4 is 81.1 Å². The third kappa shape index (κ3) is 10.4. The van der Waals surface area contributed by atoms with Crippen molar-refractivity contribution in [3.05, 3.63) is 154 Å². The summed E-state index contributed by atoms with van der Waals surface area (Å²) >= 11 is 18.4. The van der Waals surface area contributed by atoms with Crippen LogP contribution in [-0.2, 0) is 0 Å². The zero-order valence-corrected chi connectivity index (χ0v) is 39.0. The number of nitro groups is 2. The van der Waals surface area contributed by atoms with Crippen molar-refractivity contribution in [3.8, 4) is 68.2 Å². The lowest BCUT2D eigenvalue weighted by Crippen LogP contribution is -3.00. The van der Waals surface area contributed by atoms with E-state index >= 15 is 0 Å². The Morgan fingerprint density at radius 3 is 1.20 bits per heavy atom. The lowest BCUT2D eigenvalue weighted by Gasteiger charge is -2.11. The minimum Gasteiger partial charge on any atom is -1.00 e. The predicted molar refractivity (Wildman–Crippen MR) is 252 cm³/mol. The summed E-state index contributed by atoms with van der Waals surface area (Å²) in [6, 6.07) is 37.6. The average molecular weight is 1000 g/mol. The highest BCUT2D eigenvalue weighted by atomic mass is 35.5. The van der Waals surface area contributed by atoms with Gasteiger partial charge in [0.15, 0.2) is 11.5 Å². The third-order valence-corrected chi connectivity index (χ3v) is 10.0. The number of hydrogen-bond acceptors (Lipinski definition) is 12. The van der Waals surface area contributed by atoms with E-state index in [1.807, 2.05) is 84.9 Å². The number of nitrogens with zero attached hydrogens (tertiary/aromatic N) is 10. The number of aromatic nitrogens is 8. The van der Waals surface area contributed by atoms with Crippen LogP contribution >= 0.6 is 49.7 Å². The van der Waals surface area contributed by atoms with Gasteiger partial charge in [-0.25, -0.2) is 0 Å². The number of nitro benzene ring substituents is 2. The van der Waals surface area contributed by atoms with Gasteiger partial charge >= 0.3 is 11.6 Å². The summed E-state index contributed by atoms with van der Waals surface area (Å²) in [6.45, 7) is 0. The van der Waals surface area contributed by atoms with Crippen molar-refractivity contribution in [2.75, 3.05) is 24.9 Å². The maximum Gasteiger partial charge on any atom is 0.340 e. The molecule has 0 atom stereocenters. The second kappa shape index (κ2) is 20.8. The van der Waals surface area contributed by atoms with Gasteiger partial charge in [0.05, 0.1) is 45.4 Å². The monoisotopic (exact) mass is 998 g/mol. The second-order valence-electron chi connectivity index (χ2n) is 13.5. The largest absolute Gasteiger partial charge is 1.00 e. The number of methoxy groups -OCH3 is 2. The molecule has 0 unspecified atom stereocenters. The van der Waals surface area contributed by atoms with Crippen LogP contribution in [0, 0.1) is 20.2 Å². The van der Waals surface area contributed by atoms with Crippen molar-refractivity contribution in [3.63, 3.8) is 0 Å². The Balaban J connectivity index is 0.00000360. The molecule has 334 valence electrons. The number of hydrogen-bond donors (Lipinski definition) is 4. The van der Waals surface area contributed by atoms with Gasteiger partial charge in [0.2, 0.25) is 11.4 Å². The number of tetrazole rings is 2. The Morgan fingerprint density at radius 1 is 0.561 bits per heavy atom. The van der Waals surface area contributed by atoms with Crippen molar-refractivity contribution in [2.45, 2.75) is 0 Å². The lowest BCUT2D eigenvalue weighted by atomic mass is 10.0. The second-order valence-corrected chi connectivity index (χ2v) is 15.9. The van der Waals surface area contributed by atoms with Crippen LogP contribution in [0.15, 0.2) is 133 Å². The number of benzene rings is 6. The van der Waals surface area contributed by atoms with Crippen LogP contribution in [0.5, 0.6) is 11.5 Å². The number of thiol groups is 2. The van der Waals surface area contributed by atoms with Crippen LogP contribution < -0.4 is 54.5 Å². The zero-order chi connectivity index (χ0) is 45.1. The van der Waals surface area contributed by atoms with Crippen LogP contribution in [0.3, 0.4) is 0 Å². The maximum absolute atomic E-state index is 11.5. The highest BCUT2D eigenvalue weighted by molar-refractivity contribution is 8.11. The van der Waals surface area contributed by atoms with Crippen molar-refractivity contribution < 1.29 is 53.7 Å². The van der Waals surface area contributed by atoms with Crippen LogP contribution in [0.2, 0.25) is 0 Å². The fourth-order valence-corrected chi connectivity index (χ4v) is 7.05. The lowest BCUT2D eigenvalue weighted by molar-refractivity contribution is -0.734. The van der Waals surface area contributed by atoms with Crippen molar-refractivity contribution in [1.29, 1.82) is 0 Å². The van der Waals surface area contributed by atoms with Crippen LogP contribution in [-0.4, -0.2) is 62.7 Å². The van der Waals surface area contributed by atoms with Gasteiger partial charge < -0.3 is 44.9 Å². The molecule has 0 spiro atoms. The molecule has 6 aromatic carbocycles. The molecular formula is C42H32Cl2N12O6S4. The molecule has 0 aliphatic carbocycles. The summed E-state index contributed by atoms with van der Waals surface area (Å²) in [5.41, 5.74) is 6.25. The van der Waals surface area contributed by atoms with E-state index in [0.717, 1.165) is 22.5 Å². The van der Waals surface area contributed by atoms with E-state index in [4.69, 9.17) is 54.3 Å². The molecule has 0 fully saturated rings. The molecule has 18 nitrogen and oxygen atoms in total. The summed E-state index contributed by atoms with van der Waals surface area (Å²) < 4.78 is 12.5. The van der Waals surface area contributed by atoms with E-state index in [9.17, 15) is 20.2 Å². The molecule has 0 aliphatic rings. The molecule has 0 radical (unpaired) electrons. The minimum atomic E-state index is -0.472. The van der Waals surface area contributed by atoms with Gasteiger partial charge in [0.1, 0.15) is 20.0 Å². The summed E-state index contributed by atoms with van der Waals surface area (Å²) in [6.07, 6.45) is 0. The first kappa shape index (κ1) is 48.4. The standard InChI is InChI=1S/C42H30N12O6S4.2ClH/c1-59-37-23-27(7-21-35(37)51-47-39(25-3-9-29(10-4-25)43-41(61)62)45-49(51)31-13-17-33(18-14-31)53(55)56)28-8-22-36(38(24-28)60-2)52-48-40(26-5-11-30(12-6-26)44-42(63)64)46-50(52)32-15-19-34(20-16-32)54(57)58;;/h3-24H,1-2H3,(H2-2,43,44,45,46,47,48,61,62,63,64);2*1H. The number of rotatable bonds is 13. The minimum absolute atomic E-state index is 0. The predicted octanol–water partition coefficient (Wildman–Crippen LogP) is 1.50. The van der Waals surface area contributed by atoms with Gasteiger partial charge in [-0.1, -0.05) is 24.4 Å². The first-order valence-electron chi connectivity index (χ1n) is 18.8. The Morgan fingerprint density at radius 2 is 0.894 bits per heavy atom. The van der Waals surface area contributed by atoms with E-state index in [0.29, 0.717) is 65.7 Å². The molecule has 0 bridgehead atoms. The van der Waals surface area contributed by atoms with Gasteiger partial charge in [-0.2, -0.15) is 0 Å². The summed E-state index contributed by atoms with van der Waals surface area (Å²) in [5.74, 6) is 1.59. The fraction of sp³-hybridized carbons (Fsp3) is 0.0476. The van der Waals surface area contributed by atoms with Gasteiger partial charge in [-0.3, -0.25) is 20.2 Å². The molecule has 8 aromatic rings. The summed E-state index contributed by atoms with van der Waals surface area (Å²) in [4.78, 5) is 28.1. The number of anilines is 2. The molecule has 8 rings (SSSR count). The molecule has 0 saturated heterocycles. The van der Waals surface area contributed by atoms with E-state index in [1.165, 1.54) is 48.1 Å². The topological polar surface area (TPSA) is 198 Å². The van der Waals surface area contributed by atoms with Gasteiger partial charge in [0.25, 0.3) is 11.4 Å². The molecule has 66 heavy (non-hydrogen) atoms. The maximum atomic E-state index is 11.5. The van der Waals surface area contributed by atoms with Gasteiger partial charge in [-0.05, 0) is 140 Å². The van der Waals surface area contributed by atoms with E-state index in [2.05, 4.69) is 35.9 Å². The highest BCUT2D eigenvalue weighted by Gasteiger charge is 2.29. The number of thiocarbonyl (C=S) groups is 2. The Kier molecular flexibility index (Phi) is 15.3. The van der Waals surface area contributed by atoms with Crippen LogP contribution in [0.25, 0.3) is 56.7 Å². The highest BCUT2D eigenvalue weighted by Crippen LogP contribution is 2.32. The molecule has 0 aliphatic heterocycles. The number of halogens is 2.